The number of likely N-dealkylation sites (tertiary alicyclic amines) is 1. The van der Waals surface area contributed by atoms with Gasteiger partial charge in [0.25, 0.3) is 5.91 Å². The third kappa shape index (κ3) is 4.91. The third-order valence-electron chi connectivity index (χ3n) is 5.00. The highest BCUT2D eigenvalue weighted by molar-refractivity contribution is 5.93. The summed E-state index contributed by atoms with van der Waals surface area (Å²) < 4.78 is 10.6. The molecule has 1 saturated heterocycles. The molecule has 2 aromatic rings. The van der Waals surface area contributed by atoms with Crippen LogP contribution in [0.5, 0.6) is 11.5 Å². The number of amides is 1. The zero-order valence-electron chi connectivity index (χ0n) is 16.8. The number of piperidine rings is 1. The fraction of sp³-hybridized carbons (Fsp3) is 0.476. The summed E-state index contributed by atoms with van der Waals surface area (Å²) in [7, 11) is 3.25. The minimum Gasteiger partial charge on any atom is -0.493 e. The van der Waals surface area contributed by atoms with Crippen molar-refractivity contribution in [1.29, 1.82) is 0 Å². The minimum atomic E-state index is -0.0168. The van der Waals surface area contributed by atoms with E-state index in [-0.39, 0.29) is 5.91 Å². The molecule has 0 bridgehead atoms. The molecule has 7 nitrogen and oxygen atoms in total. The van der Waals surface area contributed by atoms with Gasteiger partial charge in [-0.2, -0.15) is 0 Å². The lowest BCUT2D eigenvalue weighted by Gasteiger charge is -2.30. The van der Waals surface area contributed by atoms with Crippen LogP contribution in [0.25, 0.3) is 0 Å². The molecule has 1 fully saturated rings. The third-order valence-corrected chi connectivity index (χ3v) is 5.00. The second-order valence-electron chi connectivity index (χ2n) is 7.15. The molecule has 1 atom stereocenters. The molecule has 0 spiro atoms. The summed E-state index contributed by atoms with van der Waals surface area (Å²) in [6, 6.07) is 7.61. The Morgan fingerprint density at radius 3 is 2.79 bits per heavy atom. The standard InChI is InChI=1S/C21H28N4O3/c1-15-5-4-10-25(13-15)21(26)17-12-20(24-14-23-17)22-9-8-16-6-7-18(27-2)19(11-16)28-3/h6-7,11-12,14-15H,4-5,8-10,13H2,1-3H3,(H,22,23,24). The number of aromatic nitrogens is 2. The van der Waals surface area contributed by atoms with Gasteiger partial charge >= 0.3 is 0 Å². The number of anilines is 1. The molecule has 150 valence electrons. The van der Waals surface area contributed by atoms with Crippen molar-refractivity contribution in [3.8, 4) is 11.5 Å². The van der Waals surface area contributed by atoms with Crippen LogP contribution in [0.2, 0.25) is 0 Å². The molecule has 3 rings (SSSR count). The predicted molar refractivity (Wildman–Crippen MR) is 108 cm³/mol. The lowest BCUT2D eigenvalue weighted by Crippen LogP contribution is -2.39. The van der Waals surface area contributed by atoms with Crippen LogP contribution in [-0.2, 0) is 6.42 Å². The number of rotatable bonds is 7. The average molecular weight is 384 g/mol. The van der Waals surface area contributed by atoms with E-state index in [2.05, 4.69) is 22.2 Å². The Bertz CT molecular complexity index is 812. The number of carbonyl (C=O) groups excluding carboxylic acids is 1. The van der Waals surface area contributed by atoms with Gasteiger partial charge < -0.3 is 19.7 Å². The average Bonchev–Trinajstić information content (AvgIpc) is 2.73. The van der Waals surface area contributed by atoms with Gasteiger partial charge in [0.2, 0.25) is 0 Å². The highest BCUT2D eigenvalue weighted by Crippen LogP contribution is 2.27. The van der Waals surface area contributed by atoms with Crippen LogP contribution < -0.4 is 14.8 Å². The Kier molecular flexibility index (Phi) is 6.68. The Morgan fingerprint density at radius 2 is 2.04 bits per heavy atom. The van der Waals surface area contributed by atoms with Gasteiger partial charge in [-0.1, -0.05) is 13.0 Å². The first-order chi connectivity index (χ1) is 13.6. The maximum Gasteiger partial charge on any atom is 0.272 e. The predicted octanol–water partition coefficient (Wildman–Crippen LogP) is 3.02. The number of nitrogens with one attached hydrogen (secondary N) is 1. The van der Waals surface area contributed by atoms with Gasteiger partial charge in [0, 0.05) is 25.7 Å². The van der Waals surface area contributed by atoms with E-state index in [1.165, 1.54) is 12.7 Å². The number of ether oxygens (including phenoxy) is 2. The first kappa shape index (κ1) is 19.9. The fourth-order valence-electron chi connectivity index (χ4n) is 3.48. The molecule has 1 aliphatic rings. The van der Waals surface area contributed by atoms with Gasteiger partial charge in [0.1, 0.15) is 17.8 Å². The number of hydrogen-bond acceptors (Lipinski definition) is 6. The zero-order valence-corrected chi connectivity index (χ0v) is 16.8. The Morgan fingerprint density at radius 1 is 1.21 bits per heavy atom. The summed E-state index contributed by atoms with van der Waals surface area (Å²) in [6.07, 6.45) is 4.46. The molecular weight excluding hydrogens is 356 g/mol. The summed E-state index contributed by atoms with van der Waals surface area (Å²) in [6.45, 7) is 4.46. The van der Waals surface area contributed by atoms with Crippen LogP contribution in [0.3, 0.4) is 0 Å². The van der Waals surface area contributed by atoms with E-state index in [4.69, 9.17) is 9.47 Å². The number of hydrogen-bond donors (Lipinski definition) is 1. The van der Waals surface area contributed by atoms with Crippen molar-refractivity contribution in [3.05, 3.63) is 41.9 Å². The van der Waals surface area contributed by atoms with E-state index >= 15 is 0 Å². The smallest absolute Gasteiger partial charge is 0.272 e. The van der Waals surface area contributed by atoms with E-state index < -0.39 is 0 Å². The summed E-state index contributed by atoms with van der Waals surface area (Å²) in [5.41, 5.74) is 1.57. The molecule has 1 amide bonds. The van der Waals surface area contributed by atoms with Crippen molar-refractivity contribution in [2.45, 2.75) is 26.2 Å². The van der Waals surface area contributed by atoms with Gasteiger partial charge in [-0.05, 0) is 42.9 Å². The first-order valence-electron chi connectivity index (χ1n) is 9.66. The molecule has 1 unspecified atom stereocenters. The molecule has 1 aliphatic heterocycles. The van der Waals surface area contributed by atoms with Crippen molar-refractivity contribution in [3.63, 3.8) is 0 Å². The molecule has 1 aromatic heterocycles. The van der Waals surface area contributed by atoms with Gasteiger partial charge in [-0.3, -0.25) is 4.79 Å². The molecule has 0 aliphatic carbocycles. The molecule has 0 saturated carbocycles. The first-order valence-corrected chi connectivity index (χ1v) is 9.66. The van der Waals surface area contributed by atoms with Crippen molar-refractivity contribution in [2.75, 3.05) is 39.2 Å². The van der Waals surface area contributed by atoms with Gasteiger partial charge in [-0.15, -0.1) is 0 Å². The Balaban J connectivity index is 1.58. The summed E-state index contributed by atoms with van der Waals surface area (Å²) in [4.78, 5) is 23.0. The van der Waals surface area contributed by atoms with Crippen molar-refractivity contribution < 1.29 is 14.3 Å². The SMILES string of the molecule is COc1ccc(CCNc2cc(C(=O)N3CCCC(C)C3)ncn2)cc1OC. The molecule has 2 heterocycles. The lowest BCUT2D eigenvalue weighted by molar-refractivity contribution is 0.0677. The lowest BCUT2D eigenvalue weighted by atomic mass is 10.00. The second kappa shape index (κ2) is 9.39. The summed E-state index contributed by atoms with van der Waals surface area (Å²) in [5, 5.41) is 3.27. The summed E-state index contributed by atoms with van der Waals surface area (Å²) in [5.74, 6) is 2.61. The van der Waals surface area contributed by atoms with Crippen LogP contribution in [-0.4, -0.2) is 54.6 Å². The molecule has 0 radical (unpaired) electrons. The van der Waals surface area contributed by atoms with E-state index in [1.54, 1.807) is 20.3 Å². The largest absolute Gasteiger partial charge is 0.493 e. The molecular formula is C21H28N4O3. The van der Waals surface area contributed by atoms with E-state index in [0.717, 1.165) is 31.5 Å². The summed E-state index contributed by atoms with van der Waals surface area (Å²) >= 11 is 0. The maximum absolute atomic E-state index is 12.7. The topological polar surface area (TPSA) is 76.6 Å². The van der Waals surface area contributed by atoms with Crippen molar-refractivity contribution >= 4 is 11.7 Å². The van der Waals surface area contributed by atoms with Crippen LogP contribution >= 0.6 is 0 Å². The quantitative estimate of drug-likeness (QED) is 0.791. The highest BCUT2D eigenvalue weighted by atomic mass is 16.5. The highest BCUT2D eigenvalue weighted by Gasteiger charge is 2.23. The zero-order chi connectivity index (χ0) is 19.9. The van der Waals surface area contributed by atoms with E-state index in [0.29, 0.717) is 35.5 Å². The Labute approximate surface area is 166 Å². The number of carbonyl (C=O) groups is 1. The number of methoxy groups -OCH3 is 2. The fourth-order valence-corrected chi connectivity index (χ4v) is 3.48. The van der Waals surface area contributed by atoms with Crippen LogP contribution in [0.15, 0.2) is 30.6 Å². The maximum atomic E-state index is 12.7. The monoisotopic (exact) mass is 384 g/mol. The van der Waals surface area contributed by atoms with E-state index in [9.17, 15) is 4.79 Å². The normalized spacial score (nSPS) is 16.5. The number of benzene rings is 1. The molecule has 1 aromatic carbocycles. The minimum absolute atomic E-state index is 0.0168. The van der Waals surface area contributed by atoms with Crippen molar-refractivity contribution in [2.24, 2.45) is 5.92 Å². The van der Waals surface area contributed by atoms with Crippen LogP contribution in [0.1, 0.15) is 35.8 Å². The van der Waals surface area contributed by atoms with Crippen molar-refractivity contribution in [1.82, 2.24) is 14.9 Å². The molecule has 28 heavy (non-hydrogen) atoms. The van der Waals surface area contributed by atoms with E-state index in [1.807, 2.05) is 23.1 Å². The molecule has 7 heteroatoms. The van der Waals surface area contributed by atoms with Gasteiger partial charge in [-0.25, -0.2) is 9.97 Å². The molecule has 1 N–H and O–H groups in total. The van der Waals surface area contributed by atoms with Crippen LogP contribution in [0.4, 0.5) is 5.82 Å². The van der Waals surface area contributed by atoms with Gasteiger partial charge in [0.05, 0.1) is 14.2 Å². The Hall–Kier alpha value is -2.83. The van der Waals surface area contributed by atoms with Gasteiger partial charge in [0.15, 0.2) is 11.5 Å². The number of nitrogens with zero attached hydrogens (tertiary/aromatic N) is 3. The second-order valence-corrected chi connectivity index (χ2v) is 7.15. The van der Waals surface area contributed by atoms with Crippen LogP contribution in [0, 0.1) is 5.92 Å².